The van der Waals surface area contributed by atoms with Crippen molar-refractivity contribution in [3.8, 4) is 17.6 Å². The highest BCUT2D eigenvalue weighted by atomic mass is 79.9. The fourth-order valence-corrected chi connectivity index (χ4v) is 2.02. The van der Waals surface area contributed by atoms with Crippen molar-refractivity contribution >= 4 is 21.6 Å². The maximum atomic E-state index is 13.3. The average Bonchev–Trinajstić information content (AvgIpc) is 2.40. The summed E-state index contributed by atoms with van der Waals surface area (Å²) in [7, 11) is 0. The highest BCUT2D eigenvalue weighted by Crippen LogP contribution is 2.36. The van der Waals surface area contributed by atoms with Crippen LogP contribution < -0.4 is 4.74 Å². The molecule has 0 bridgehead atoms. The fourth-order valence-electron chi connectivity index (χ4n) is 1.53. The Morgan fingerprint density at radius 1 is 1.35 bits per heavy atom. The predicted molar refractivity (Wildman–Crippen MR) is 72.0 cm³/mol. The van der Waals surface area contributed by atoms with E-state index in [1.54, 1.807) is 6.07 Å². The molecule has 0 unspecified atom stereocenters. The monoisotopic (exact) mass is 336 g/mol. The number of hydrogen-bond donors (Lipinski definition) is 0. The summed E-state index contributed by atoms with van der Waals surface area (Å²) < 4.78 is 18.8. The van der Waals surface area contributed by atoms with Crippen molar-refractivity contribution in [3.05, 3.63) is 62.4 Å². The van der Waals surface area contributed by atoms with Crippen molar-refractivity contribution in [2.45, 2.75) is 0 Å². The Morgan fingerprint density at radius 3 is 2.75 bits per heavy atom. The highest BCUT2D eigenvalue weighted by Gasteiger charge is 2.16. The van der Waals surface area contributed by atoms with Gasteiger partial charge in [-0.3, -0.25) is 10.1 Å². The summed E-state index contributed by atoms with van der Waals surface area (Å²) >= 11 is 3.07. The Labute approximate surface area is 121 Å². The first-order valence-electron chi connectivity index (χ1n) is 5.32. The van der Waals surface area contributed by atoms with Gasteiger partial charge in [0.05, 0.1) is 16.6 Å². The molecule has 0 spiro atoms. The van der Waals surface area contributed by atoms with Crippen LogP contribution in [-0.4, -0.2) is 4.92 Å². The Bertz CT molecular complexity index is 728. The van der Waals surface area contributed by atoms with Crippen molar-refractivity contribution < 1.29 is 14.1 Å². The summed E-state index contributed by atoms with van der Waals surface area (Å²) in [5.74, 6) is -0.378. The van der Waals surface area contributed by atoms with Crippen molar-refractivity contribution in [3.63, 3.8) is 0 Å². The zero-order valence-corrected chi connectivity index (χ0v) is 11.4. The van der Waals surface area contributed by atoms with Crippen LogP contribution in [0.1, 0.15) is 5.56 Å². The average molecular weight is 337 g/mol. The van der Waals surface area contributed by atoms with Gasteiger partial charge in [-0.1, -0.05) is 6.07 Å². The molecule has 2 aromatic rings. The van der Waals surface area contributed by atoms with Crippen LogP contribution >= 0.6 is 15.9 Å². The van der Waals surface area contributed by atoms with E-state index < -0.39 is 10.7 Å². The van der Waals surface area contributed by atoms with Crippen molar-refractivity contribution in [1.82, 2.24) is 0 Å². The minimum Gasteiger partial charge on any atom is -0.456 e. The van der Waals surface area contributed by atoms with Gasteiger partial charge in [-0.2, -0.15) is 5.26 Å². The number of benzene rings is 2. The number of nitriles is 1. The summed E-state index contributed by atoms with van der Waals surface area (Å²) in [6.45, 7) is 0. The SMILES string of the molecule is N#Cc1cc(F)cc(Oc2cccc([N+](=O)[O-])c2Br)c1. The zero-order valence-electron chi connectivity index (χ0n) is 9.84. The second kappa shape index (κ2) is 5.67. The Kier molecular flexibility index (Phi) is 3.96. The molecule has 100 valence electrons. The van der Waals surface area contributed by atoms with E-state index >= 15 is 0 Å². The van der Waals surface area contributed by atoms with Gasteiger partial charge in [0, 0.05) is 12.1 Å². The molecule has 0 saturated carbocycles. The van der Waals surface area contributed by atoms with Crippen LogP contribution in [0.25, 0.3) is 0 Å². The van der Waals surface area contributed by atoms with Gasteiger partial charge in [-0.15, -0.1) is 0 Å². The lowest BCUT2D eigenvalue weighted by atomic mass is 10.2. The summed E-state index contributed by atoms with van der Waals surface area (Å²) in [5, 5.41) is 19.6. The molecule has 0 saturated heterocycles. The first-order chi connectivity index (χ1) is 9.51. The van der Waals surface area contributed by atoms with E-state index in [9.17, 15) is 14.5 Å². The quantitative estimate of drug-likeness (QED) is 0.622. The molecule has 0 radical (unpaired) electrons. The number of nitro groups is 1. The third-order valence-electron chi connectivity index (χ3n) is 2.37. The highest BCUT2D eigenvalue weighted by molar-refractivity contribution is 9.10. The lowest BCUT2D eigenvalue weighted by Crippen LogP contribution is -1.93. The van der Waals surface area contributed by atoms with E-state index in [0.29, 0.717) is 0 Å². The van der Waals surface area contributed by atoms with E-state index in [4.69, 9.17) is 10.00 Å². The summed E-state index contributed by atoms with van der Waals surface area (Å²) in [6.07, 6.45) is 0. The molecule has 0 atom stereocenters. The van der Waals surface area contributed by atoms with Crippen LogP contribution in [0.3, 0.4) is 0 Å². The topological polar surface area (TPSA) is 76.2 Å². The van der Waals surface area contributed by atoms with Gasteiger partial charge in [0.25, 0.3) is 5.69 Å². The summed E-state index contributed by atoms with van der Waals surface area (Å²) in [4.78, 5) is 10.2. The van der Waals surface area contributed by atoms with Gasteiger partial charge in [-0.25, -0.2) is 4.39 Å². The number of rotatable bonds is 3. The lowest BCUT2D eigenvalue weighted by Gasteiger charge is -2.08. The van der Waals surface area contributed by atoms with E-state index in [-0.39, 0.29) is 27.2 Å². The van der Waals surface area contributed by atoms with Crippen LogP contribution in [-0.2, 0) is 0 Å². The molecule has 2 rings (SSSR count). The second-order valence-corrected chi connectivity index (χ2v) is 4.53. The van der Waals surface area contributed by atoms with Crippen molar-refractivity contribution in [1.29, 1.82) is 5.26 Å². The largest absolute Gasteiger partial charge is 0.456 e. The number of hydrogen-bond acceptors (Lipinski definition) is 4. The number of nitrogens with zero attached hydrogens (tertiary/aromatic N) is 2. The molecule has 0 aromatic heterocycles. The molecule has 0 aliphatic heterocycles. The molecule has 0 N–H and O–H groups in total. The Hall–Kier alpha value is -2.46. The predicted octanol–water partition coefficient (Wildman–Crippen LogP) is 4.16. The summed E-state index contributed by atoms with van der Waals surface area (Å²) in [6, 6.07) is 9.54. The molecule has 0 aliphatic carbocycles. The maximum absolute atomic E-state index is 13.3. The van der Waals surface area contributed by atoms with Crippen LogP contribution in [0.15, 0.2) is 40.9 Å². The lowest BCUT2D eigenvalue weighted by molar-refractivity contribution is -0.385. The van der Waals surface area contributed by atoms with Crippen molar-refractivity contribution in [2.75, 3.05) is 0 Å². The van der Waals surface area contributed by atoms with E-state index in [1.165, 1.54) is 24.3 Å². The van der Waals surface area contributed by atoms with Crippen LogP contribution in [0.2, 0.25) is 0 Å². The van der Waals surface area contributed by atoms with Gasteiger partial charge >= 0.3 is 0 Å². The molecule has 0 aliphatic rings. The first-order valence-corrected chi connectivity index (χ1v) is 6.12. The van der Waals surface area contributed by atoms with Crippen molar-refractivity contribution in [2.24, 2.45) is 0 Å². The maximum Gasteiger partial charge on any atom is 0.287 e. The van der Waals surface area contributed by atoms with Gasteiger partial charge in [0.1, 0.15) is 21.8 Å². The standard InChI is InChI=1S/C13H6BrFN2O3/c14-13-11(17(18)19)2-1-3-12(13)20-10-5-8(7-16)4-9(15)6-10/h1-6H. The van der Waals surface area contributed by atoms with Crippen LogP contribution in [0.5, 0.6) is 11.5 Å². The number of halogens is 2. The molecule has 0 fully saturated rings. The third-order valence-corrected chi connectivity index (χ3v) is 3.16. The molecule has 2 aromatic carbocycles. The molecule has 20 heavy (non-hydrogen) atoms. The molecule has 7 heteroatoms. The third kappa shape index (κ3) is 2.92. The molecular formula is C13H6BrFN2O3. The Morgan fingerprint density at radius 2 is 2.10 bits per heavy atom. The molecule has 0 amide bonds. The minimum absolute atomic E-state index is 0.0859. The van der Waals surface area contributed by atoms with Gasteiger partial charge < -0.3 is 4.74 Å². The number of ether oxygens (including phenoxy) is 1. The van der Waals surface area contributed by atoms with E-state index in [0.717, 1.165) is 12.1 Å². The molecule has 0 heterocycles. The number of nitro benzene ring substituents is 1. The Balaban J connectivity index is 2.41. The summed E-state index contributed by atoms with van der Waals surface area (Å²) in [5.41, 5.74) is -0.0686. The smallest absolute Gasteiger partial charge is 0.287 e. The van der Waals surface area contributed by atoms with Gasteiger partial charge in [-0.05, 0) is 34.1 Å². The van der Waals surface area contributed by atoms with Crippen LogP contribution in [0, 0.1) is 27.3 Å². The normalized spacial score (nSPS) is 9.85. The molecule has 5 nitrogen and oxygen atoms in total. The minimum atomic E-state index is -0.624. The zero-order chi connectivity index (χ0) is 14.7. The molecular weight excluding hydrogens is 331 g/mol. The van der Waals surface area contributed by atoms with Gasteiger partial charge in [0.15, 0.2) is 0 Å². The first kappa shape index (κ1) is 14.0. The van der Waals surface area contributed by atoms with E-state index in [2.05, 4.69) is 15.9 Å². The van der Waals surface area contributed by atoms with E-state index in [1.807, 2.05) is 0 Å². The second-order valence-electron chi connectivity index (χ2n) is 3.74. The van der Waals surface area contributed by atoms with Crippen LogP contribution in [0.4, 0.5) is 10.1 Å². The fraction of sp³-hybridized carbons (Fsp3) is 0. The van der Waals surface area contributed by atoms with Gasteiger partial charge in [0.2, 0.25) is 0 Å².